The maximum atomic E-state index is 11.7. The first-order valence-electron chi connectivity index (χ1n) is 6.86. The van der Waals surface area contributed by atoms with Gasteiger partial charge in [0.15, 0.2) is 0 Å². The molecule has 0 aromatic carbocycles. The Morgan fingerprint density at radius 3 is 2.47 bits per heavy atom. The average molecular weight is 240 g/mol. The third kappa shape index (κ3) is 4.52. The maximum absolute atomic E-state index is 11.7. The Morgan fingerprint density at radius 1 is 1.06 bits per heavy atom. The van der Waals surface area contributed by atoms with Gasteiger partial charge in [0.1, 0.15) is 0 Å². The van der Waals surface area contributed by atoms with Crippen LogP contribution in [0.5, 0.6) is 0 Å². The molecular weight excluding hydrogens is 216 g/mol. The second-order valence-corrected chi connectivity index (χ2v) is 5.00. The van der Waals surface area contributed by atoms with E-state index in [9.17, 15) is 4.79 Å². The van der Waals surface area contributed by atoms with Crippen molar-refractivity contribution in [3.8, 4) is 0 Å². The van der Waals surface area contributed by atoms with Crippen LogP contribution in [0.4, 0.5) is 4.79 Å². The highest BCUT2D eigenvalue weighted by atomic mass is 16.2. The fourth-order valence-electron chi connectivity index (χ4n) is 2.50. The minimum Gasteiger partial charge on any atom is -0.337 e. The summed E-state index contributed by atoms with van der Waals surface area (Å²) in [4.78, 5) is 11.7. The van der Waals surface area contributed by atoms with E-state index in [1.807, 2.05) is 0 Å². The van der Waals surface area contributed by atoms with Crippen LogP contribution in [0, 0.1) is 0 Å². The van der Waals surface area contributed by atoms with Crippen LogP contribution >= 0.6 is 0 Å². The van der Waals surface area contributed by atoms with Crippen molar-refractivity contribution in [1.82, 2.24) is 21.3 Å². The largest absolute Gasteiger partial charge is 0.337 e. The van der Waals surface area contributed by atoms with E-state index in [4.69, 9.17) is 0 Å². The molecular formula is C12H24N4O. The van der Waals surface area contributed by atoms with E-state index in [1.54, 1.807) is 0 Å². The van der Waals surface area contributed by atoms with Gasteiger partial charge in [0, 0.05) is 12.6 Å². The van der Waals surface area contributed by atoms with Gasteiger partial charge in [-0.15, -0.1) is 0 Å². The highest BCUT2D eigenvalue weighted by Gasteiger charge is 2.16. The van der Waals surface area contributed by atoms with Crippen LogP contribution in [0.3, 0.4) is 0 Å². The highest BCUT2D eigenvalue weighted by Crippen LogP contribution is 2.06. The van der Waals surface area contributed by atoms with Crippen LogP contribution in [0.15, 0.2) is 0 Å². The number of carbonyl (C=O) groups is 1. The number of piperidine rings is 2. The molecule has 0 saturated carbocycles. The average Bonchev–Trinajstić information content (AvgIpc) is 2.39. The zero-order chi connectivity index (χ0) is 11.9. The Balaban J connectivity index is 1.59. The van der Waals surface area contributed by atoms with E-state index in [0.717, 1.165) is 26.1 Å². The molecule has 0 aromatic rings. The Kier molecular flexibility index (Phi) is 5.07. The number of carbonyl (C=O) groups excluding carboxylic acids is 1. The normalized spacial score (nSPS) is 29.6. The van der Waals surface area contributed by atoms with E-state index >= 15 is 0 Å². The third-order valence-corrected chi connectivity index (χ3v) is 3.54. The second-order valence-electron chi connectivity index (χ2n) is 5.00. The quantitative estimate of drug-likeness (QED) is 0.582. The number of urea groups is 1. The van der Waals surface area contributed by atoms with Crippen molar-refractivity contribution in [3.05, 3.63) is 0 Å². The van der Waals surface area contributed by atoms with Gasteiger partial charge in [-0.3, -0.25) is 5.32 Å². The Labute approximate surface area is 103 Å². The van der Waals surface area contributed by atoms with Crippen LogP contribution < -0.4 is 21.3 Å². The van der Waals surface area contributed by atoms with Crippen molar-refractivity contribution in [2.45, 2.75) is 50.7 Å². The Morgan fingerprint density at radius 2 is 1.82 bits per heavy atom. The monoisotopic (exact) mass is 240 g/mol. The fraction of sp³-hybridized carbons (Fsp3) is 0.917. The smallest absolute Gasteiger partial charge is 0.316 e. The van der Waals surface area contributed by atoms with Crippen molar-refractivity contribution >= 4 is 6.03 Å². The molecule has 0 radical (unpaired) electrons. The van der Waals surface area contributed by atoms with Gasteiger partial charge in [0.05, 0.1) is 6.17 Å². The van der Waals surface area contributed by atoms with E-state index in [-0.39, 0.29) is 12.2 Å². The van der Waals surface area contributed by atoms with Gasteiger partial charge >= 0.3 is 6.03 Å². The lowest BCUT2D eigenvalue weighted by Gasteiger charge is -2.26. The van der Waals surface area contributed by atoms with Crippen LogP contribution in [0.25, 0.3) is 0 Å². The number of hydrogen-bond donors (Lipinski definition) is 4. The van der Waals surface area contributed by atoms with Crippen LogP contribution in [-0.4, -0.2) is 37.9 Å². The maximum Gasteiger partial charge on any atom is 0.316 e. The Bertz CT molecular complexity index is 235. The topological polar surface area (TPSA) is 65.2 Å². The van der Waals surface area contributed by atoms with Gasteiger partial charge in [0.25, 0.3) is 0 Å². The van der Waals surface area contributed by atoms with E-state index < -0.39 is 0 Å². The molecule has 4 N–H and O–H groups in total. The molecule has 2 unspecified atom stereocenters. The molecule has 0 aliphatic carbocycles. The zero-order valence-corrected chi connectivity index (χ0v) is 10.4. The molecule has 0 bridgehead atoms. The molecule has 2 amide bonds. The lowest BCUT2D eigenvalue weighted by atomic mass is 10.1. The summed E-state index contributed by atoms with van der Waals surface area (Å²) >= 11 is 0. The number of rotatable bonds is 3. The first-order valence-corrected chi connectivity index (χ1v) is 6.86. The molecule has 2 rings (SSSR count). The molecule has 5 nitrogen and oxygen atoms in total. The summed E-state index contributed by atoms with van der Waals surface area (Å²) in [6.07, 6.45) is 7.30. The number of nitrogens with one attached hydrogen (secondary N) is 4. The van der Waals surface area contributed by atoms with E-state index in [0.29, 0.717) is 6.04 Å². The van der Waals surface area contributed by atoms with Crippen molar-refractivity contribution in [2.24, 2.45) is 0 Å². The lowest BCUT2D eigenvalue weighted by Crippen LogP contribution is -2.53. The summed E-state index contributed by atoms with van der Waals surface area (Å²) < 4.78 is 0. The summed E-state index contributed by atoms with van der Waals surface area (Å²) in [7, 11) is 0. The molecule has 0 aromatic heterocycles. The predicted molar refractivity (Wildman–Crippen MR) is 67.8 cm³/mol. The van der Waals surface area contributed by atoms with Crippen molar-refractivity contribution in [1.29, 1.82) is 0 Å². The molecule has 17 heavy (non-hydrogen) atoms. The van der Waals surface area contributed by atoms with Gasteiger partial charge in [0.2, 0.25) is 0 Å². The van der Waals surface area contributed by atoms with E-state index in [2.05, 4.69) is 21.3 Å². The Hall–Kier alpha value is -0.810. The summed E-state index contributed by atoms with van der Waals surface area (Å²) in [5, 5.41) is 12.6. The molecule has 2 aliphatic heterocycles. The van der Waals surface area contributed by atoms with Crippen LogP contribution in [0.2, 0.25) is 0 Å². The van der Waals surface area contributed by atoms with Gasteiger partial charge < -0.3 is 16.0 Å². The van der Waals surface area contributed by atoms with E-state index in [1.165, 1.54) is 32.1 Å². The van der Waals surface area contributed by atoms with Gasteiger partial charge in [-0.1, -0.05) is 6.42 Å². The summed E-state index contributed by atoms with van der Waals surface area (Å²) in [5.41, 5.74) is 0. The first-order chi connectivity index (χ1) is 8.34. The number of amides is 2. The van der Waals surface area contributed by atoms with Crippen LogP contribution in [0.1, 0.15) is 38.5 Å². The zero-order valence-electron chi connectivity index (χ0n) is 10.4. The second kappa shape index (κ2) is 6.81. The lowest BCUT2D eigenvalue weighted by molar-refractivity contribution is 0.227. The molecule has 2 fully saturated rings. The molecule has 0 spiro atoms. The highest BCUT2D eigenvalue weighted by molar-refractivity contribution is 5.74. The SMILES string of the molecule is O=C(NCC1CCCCN1)NC1CCCCN1. The predicted octanol–water partition coefficient (Wildman–Crippen LogP) is 0.527. The molecule has 98 valence electrons. The molecule has 2 heterocycles. The molecule has 2 atom stereocenters. The summed E-state index contributed by atoms with van der Waals surface area (Å²) in [6, 6.07) is 0.408. The third-order valence-electron chi connectivity index (χ3n) is 3.54. The molecule has 5 heteroatoms. The first kappa shape index (κ1) is 12.6. The van der Waals surface area contributed by atoms with Crippen molar-refractivity contribution < 1.29 is 4.79 Å². The standard InChI is InChI=1S/C12H24N4O/c17-12(16-11-6-2-4-8-14-11)15-9-10-5-1-3-7-13-10/h10-11,13-14H,1-9H2,(H2,15,16,17). The van der Waals surface area contributed by atoms with Gasteiger partial charge in [-0.2, -0.15) is 0 Å². The fourth-order valence-corrected chi connectivity index (χ4v) is 2.50. The molecule has 2 aliphatic rings. The summed E-state index contributed by atoms with van der Waals surface area (Å²) in [6.45, 7) is 2.83. The minimum absolute atomic E-state index is 0.0447. The number of hydrogen-bond acceptors (Lipinski definition) is 3. The van der Waals surface area contributed by atoms with Crippen molar-refractivity contribution in [2.75, 3.05) is 19.6 Å². The van der Waals surface area contributed by atoms with Gasteiger partial charge in [-0.25, -0.2) is 4.79 Å². The van der Waals surface area contributed by atoms with Crippen LogP contribution in [-0.2, 0) is 0 Å². The van der Waals surface area contributed by atoms with Crippen molar-refractivity contribution in [3.63, 3.8) is 0 Å². The molecule has 2 saturated heterocycles. The minimum atomic E-state index is -0.0447. The summed E-state index contributed by atoms with van der Waals surface area (Å²) in [5.74, 6) is 0. The van der Waals surface area contributed by atoms with Gasteiger partial charge in [-0.05, 0) is 45.2 Å².